The highest BCUT2D eigenvalue weighted by molar-refractivity contribution is 7.80. The van der Waals surface area contributed by atoms with Crippen LogP contribution in [-0.2, 0) is 6.54 Å². The molecule has 0 saturated carbocycles. The van der Waals surface area contributed by atoms with Crippen LogP contribution in [0.25, 0.3) is 10.9 Å². The second-order valence-corrected chi connectivity index (χ2v) is 6.53. The summed E-state index contributed by atoms with van der Waals surface area (Å²) in [6, 6.07) is 12.1. The second-order valence-electron chi connectivity index (χ2n) is 4.29. The van der Waals surface area contributed by atoms with E-state index in [1.807, 2.05) is 24.3 Å². The topological polar surface area (TPSA) is 30.9 Å². The lowest BCUT2D eigenvalue weighted by Crippen LogP contribution is -2.09. The maximum atomic E-state index is 5.96. The largest absolute Gasteiger partial charge is 0.389 e. The van der Waals surface area contributed by atoms with Crippen molar-refractivity contribution in [3.8, 4) is 0 Å². The smallest absolute Gasteiger partial charge is 0.104 e. The summed E-state index contributed by atoms with van der Waals surface area (Å²) in [5.41, 5.74) is 7.72. The van der Waals surface area contributed by atoms with Crippen LogP contribution >= 0.6 is 35.2 Å². The van der Waals surface area contributed by atoms with Gasteiger partial charge in [0.15, 0.2) is 0 Å². The predicted octanol–water partition coefficient (Wildman–Crippen LogP) is 4.04. The normalized spacial score (nSPS) is 11.0. The maximum Gasteiger partial charge on any atom is 0.104 e. The lowest BCUT2D eigenvalue weighted by atomic mass is 10.1. The van der Waals surface area contributed by atoms with Crippen molar-refractivity contribution in [3.63, 3.8) is 0 Å². The van der Waals surface area contributed by atoms with Gasteiger partial charge in [0, 0.05) is 22.2 Å². The Balaban J connectivity index is 2.03. The average Bonchev–Trinajstić information content (AvgIpc) is 2.96. The number of benzene rings is 1. The standard InChI is InChI=1S/C14H11ClN2S2/c15-13-4-3-11(19-13)8-17-6-5-9-1-2-10(14(16)18)7-12(9)17/h1-7H,8H2,(H2,16,18). The number of aromatic nitrogens is 1. The van der Waals surface area contributed by atoms with Gasteiger partial charge in [0.2, 0.25) is 0 Å². The molecule has 96 valence electrons. The van der Waals surface area contributed by atoms with Crippen molar-refractivity contribution in [1.82, 2.24) is 4.57 Å². The van der Waals surface area contributed by atoms with E-state index in [1.54, 1.807) is 11.3 Å². The zero-order chi connectivity index (χ0) is 13.4. The van der Waals surface area contributed by atoms with Crippen LogP contribution in [0.2, 0.25) is 4.34 Å². The molecule has 0 amide bonds. The highest BCUT2D eigenvalue weighted by atomic mass is 35.5. The van der Waals surface area contributed by atoms with E-state index >= 15 is 0 Å². The zero-order valence-corrected chi connectivity index (χ0v) is 12.4. The lowest BCUT2D eigenvalue weighted by molar-refractivity contribution is 0.851. The van der Waals surface area contributed by atoms with Crippen LogP contribution in [-0.4, -0.2) is 9.56 Å². The molecule has 0 aliphatic heterocycles. The summed E-state index contributed by atoms with van der Waals surface area (Å²) in [4.78, 5) is 1.65. The van der Waals surface area contributed by atoms with Crippen molar-refractivity contribution in [2.24, 2.45) is 5.73 Å². The van der Waals surface area contributed by atoms with Crippen molar-refractivity contribution in [1.29, 1.82) is 0 Å². The fourth-order valence-corrected chi connectivity index (χ4v) is 3.29. The molecular weight excluding hydrogens is 296 g/mol. The molecular formula is C14H11ClN2S2. The van der Waals surface area contributed by atoms with E-state index in [4.69, 9.17) is 29.6 Å². The van der Waals surface area contributed by atoms with E-state index in [-0.39, 0.29) is 0 Å². The summed E-state index contributed by atoms with van der Waals surface area (Å²) in [6.45, 7) is 0.807. The Bertz CT molecular complexity index is 758. The number of hydrogen-bond acceptors (Lipinski definition) is 2. The van der Waals surface area contributed by atoms with Crippen molar-refractivity contribution < 1.29 is 0 Å². The van der Waals surface area contributed by atoms with E-state index in [1.165, 1.54) is 10.3 Å². The number of thiocarbonyl (C=S) groups is 1. The third-order valence-electron chi connectivity index (χ3n) is 3.01. The molecule has 3 rings (SSSR count). The van der Waals surface area contributed by atoms with Crippen molar-refractivity contribution >= 4 is 51.0 Å². The first-order valence-electron chi connectivity index (χ1n) is 5.76. The van der Waals surface area contributed by atoms with Crippen LogP contribution in [0.15, 0.2) is 42.6 Å². The second kappa shape index (κ2) is 4.96. The van der Waals surface area contributed by atoms with Gasteiger partial charge in [-0.25, -0.2) is 0 Å². The molecule has 1 aromatic carbocycles. The number of hydrogen-bond donors (Lipinski definition) is 1. The van der Waals surface area contributed by atoms with Crippen molar-refractivity contribution in [2.45, 2.75) is 6.54 Å². The van der Waals surface area contributed by atoms with Gasteiger partial charge in [0.1, 0.15) is 4.99 Å². The molecule has 2 heterocycles. The van der Waals surface area contributed by atoms with Gasteiger partial charge in [-0.05, 0) is 29.7 Å². The minimum Gasteiger partial charge on any atom is -0.389 e. The molecule has 0 atom stereocenters. The SMILES string of the molecule is NC(=S)c1ccc2ccn(Cc3ccc(Cl)s3)c2c1. The van der Waals surface area contributed by atoms with E-state index in [0.717, 1.165) is 22.0 Å². The van der Waals surface area contributed by atoms with Gasteiger partial charge in [-0.2, -0.15) is 0 Å². The van der Waals surface area contributed by atoms with Gasteiger partial charge in [-0.15, -0.1) is 11.3 Å². The molecule has 0 bridgehead atoms. The Morgan fingerprint density at radius 2 is 2.11 bits per heavy atom. The van der Waals surface area contributed by atoms with Gasteiger partial charge < -0.3 is 10.3 Å². The number of thiophene rings is 1. The first-order chi connectivity index (χ1) is 9.13. The monoisotopic (exact) mass is 306 g/mol. The number of nitrogens with two attached hydrogens (primary N) is 1. The van der Waals surface area contributed by atoms with Crippen LogP contribution in [0.3, 0.4) is 0 Å². The molecule has 0 spiro atoms. The summed E-state index contributed by atoms with van der Waals surface area (Å²) < 4.78 is 2.99. The molecule has 0 saturated heterocycles. The Labute approximate surface area is 125 Å². The van der Waals surface area contributed by atoms with Gasteiger partial charge in [0.25, 0.3) is 0 Å². The summed E-state index contributed by atoms with van der Waals surface area (Å²) in [7, 11) is 0. The van der Waals surface area contributed by atoms with E-state index < -0.39 is 0 Å². The summed E-state index contributed by atoms with van der Waals surface area (Å²) in [5.74, 6) is 0. The Hall–Kier alpha value is -1.36. The average molecular weight is 307 g/mol. The molecule has 0 unspecified atom stereocenters. The van der Waals surface area contributed by atoms with Gasteiger partial charge in [0.05, 0.1) is 10.9 Å². The van der Waals surface area contributed by atoms with Gasteiger partial charge in [-0.3, -0.25) is 0 Å². The van der Waals surface area contributed by atoms with E-state index in [9.17, 15) is 0 Å². The lowest BCUT2D eigenvalue weighted by Gasteiger charge is -2.05. The van der Waals surface area contributed by atoms with Crippen LogP contribution in [0.5, 0.6) is 0 Å². The van der Waals surface area contributed by atoms with Gasteiger partial charge >= 0.3 is 0 Å². The number of halogens is 1. The Kier molecular flexibility index (Phi) is 3.31. The molecule has 2 nitrogen and oxygen atoms in total. The quantitative estimate of drug-likeness (QED) is 0.740. The van der Waals surface area contributed by atoms with Crippen LogP contribution in [0.4, 0.5) is 0 Å². The Morgan fingerprint density at radius 3 is 2.79 bits per heavy atom. The highest BCUT2D eigenvalue weighted by Gasteiger charge is 2.06. The number of rotatable bonds is 3. The summed E-state index contributed by atoms with van der Waals surface area (Å²) in [5, 5.41) is 1.18. The summed E-state index contributed by atoms with van der Waals surface area (Å²) in [6.07, 6.45) is 2.07. The molecule has 0 aliphatic rings. The van der Waals surface area contributed by atoms with E-state index in [0.29, 0.717) is 4.99 Å². The summed E-state index contributed by atoms with van der Waals surface area (Å²) >= 11 is 12.6. The van der Waals surface area contributed by atoms with Crippen LogP contribution in [0, 0.1) is 0 Å². The molecule has 0 radical (unpaired) electrons. The van der Waals surface area contributed by atoms with Crippen LogP contribution < -0.4 is 5.73 Å². The number of fused-ring (bicyclic) bond motifs is 1. The fraction of sp³-hybridized carbons (Fsp3) is 0.0714. The minimum atomic E-state index is 0.425. The molecule has 0 fully saturated rings. The van der Waals surface area contributed by atoms with Crippen LogP contribution in [0.1, 0.15) is 10.4 Å². The van der Waals surface area contributed by atoms with Gasteiger partial charge in [-0.1, -0.05) is 36.0 Å². The number of nitrogens with zero attached hydrogens (tertiary/aromatic N) is 1. The van der Waals surface area contributed by atoms with E-state index in [2.05, 4.69) is 22.9 Å². The molecule has 3 aromatic rings. The molecule has 19 heavy (non-hydrogen) atoms. The molecule has 2 aromatic heterocycles. The Morgan fingerprint density at radius 1 is 1.26 bits per heavy atom. The van der Waals surface area contributed by atoms with Crippen molar-refractivity contribution in [3.05, 3.63) is 57.4 Å². The highest BCUT2D eigenvalue weighted by Crippen LogP contribution is 2.24. The third kappa shape index (κ3) is 2.52. The first-order valence-corrected chi connectivity index (χ1v) is 7.37. The maximum absolute atomic E-state index is 5.96. The predicted molar refractivity (Wildman–Crippen MR) is 86.3 cm³/mol. The van der Waals surface area contributed by atoms with Crippen molar-refractivity contribution in [2.75, 3.05) is 0 Å². The minimum absolute atomic E-state index is 0.425. The molecule has 2 N–H and O–H groups in total. The third-order valence-corrected chi connectivity index (χ3v) is 4.47. The first kappa shape index (κ1) is 12.7. The zero-order valence-electron chi connectivity index (χ0n) is 9.97. The fourth-order valence-electron chi connectivity index (χ4n) is 2.08. The molecule has 5 heteroatoms. The molecule has 0 aliphatic carbocycles.